The fourth-order valence-corrected chi connectivity index (χ4v) is 3.02. The Labute approximate surface area is 147 Å². The van der Waals surface area contributed by atoms with Crippen molar-refractivity contribution in [3.05, 3.63) is 87.3 Å². The second kappa shape index (κ2) is 7.50. The molecule has 3 aromatic rings. The molecule has 25 heavy (non-hydrogen) atoms. The molecule has 0 atom stereocenters. The quantitative estimate of drug-likeness (QED) is 0.427. The molecule has 1 heterocycles. The van der Waals surface area contributed by atoms with E-state index in [2.05, 4.69) is 10.5 Å². The summed E-state index contributed by atoms with van der Waals surface area (Å²) in [5, 5.41) is 14.6. The molecular weight excluding hydrogens is 338 g/mol. The van der Waals surface area contributed by atoms with Gasteiger partial charge >= 0.3 is 0 Å². The summed E-state index contributed by atoms with van der Waals surface area (Å²) >= 11 is 1.48. The third-order valence-electron chi connectivity index (χ3n) is 3.38. The van der Waals surface area contributed by atoms with Gasteiger partial charge in [0, 0.05) is 27.5 Å². The van der Waals surface area contributed by atoms with Crippen LogP contribution in [0.15, 0.2) is 71.8 Å². The first-order valence-corrected chi connectivity index (χ1v) is 8.18. The molecule has 0 spiro atoms. The minimum atomic E-state index is -0.425. The Bertz CT molecular complexity index is 918. The summed E-state index contributed by atoms with van der Waals surface area (Å²) in [5.74, 6) is -0.274. The molecule has 0 bridgehead atoms. The summed E-state index contributed by atoms with van der Waals surface area (Å²) in [6.07, 6.45) is 1.57. The van der Waals surface area contributed by atoms with Crippen molar-refractivity contribution in [3.63, 3.8) is 0 Å². The molecule has 7 heteroatoms. The number of nitrogens with zero attached hydrogens (tertiary/aromatic N) is 2. The maximum Gasteiger partial charge on any atom is 0.271 e. The highest BCUT2D eigenvalue weighted by Crippen LogP contribution is 2.28. The maximum absolute atomic E-state index is 11.9. The topological polar surface area (TPSA) is 84.6 Å². The lowest BCUT2D eigenvalue weighted by Gasteiger charge is -1.98. The first-order chi connectivity index (χ1) is 12.1. The number of nitro benzene ring substituents is 1. The molecule has 3 rings (SSSR count). The molecule has 0 fully saturated rings. The van der Waals surface area contributed by atoms with Gasteiger partial charge in [0.15, 0.2) is 0 Å². The smallest absolute Gasteiger partial charge is 0.267 e. The van der Waals surface area contributed by atoms with Crippen LogP contribution in [0.5, 0.6) is 0 Å². The number of carbonyl (C=O) groups is 1. The van der Waals surface area contributed by atoms with Crippen molar-refractivity contribution in [3.8, 4) is 10.4 Å². The van der Waals surface area contributed by atoms with E-state index >= 15 is 0 Å². The van der Waals surface area contributed by atoms with Crippen LogP contribution in [0.25, 0.3) is 10.4 Å². The van der Waals surface area contributed by atoms with Crippen molar-refractivity contribution in [2.24, 2.45) is 5.10 Å². The minimum Gasteiger partial charge on any atom is -0.267 e. The van der Waals surface area contributed by atoms with Gasteiger partial charge in [0.2, 0.25) is 0 Å². The molecule has 124 valence electrons. The van der Waals surface area contributed by atoms with Gasteiger partial charge in [-0.15, -0.1) is 11.3 Å². The Morgan fingerprint density at radius 1 is 1.04 bits per heavy atom. The van der Waals surface area contributed by atoms with Crippen molar-refractivity contribution in [1.82, 2.24) is 5.43 Å². The van der Waals surface area contributed by atoms with E-state index in [9.17, 15) is 14.9 Å². The van der Waals surface area contributed by atoms with Gasteiger partial charge in [0.05, 0.1) is 11.1 Å². The molecule has 0 aliphatic rings. The van der Waals surface area contributed by atoms with E-state index in [1.165, 1.54) is 23.5 Å². The van der Waals surface area contributed by atoms with Crippen molar-refractivity contribution >= 4 is 29.1 Å². The van der Waals surface area contributed by atoms with E-state index < -0.39 is 4.92 Å². The largest absolute Gasteiger partial charge is 0.271 e. The summed E-state index contributed by atoms with van der Waals surface area (Å²) < 4.78 is 0. The summed E-state index contributed by atoms with van der Waals surface area (Å²) in [5.41, 5.74) is 3.97. The molecular formula is C18H13N3O3S. The number of hydrogen-bond acceptors (Lipinski definition) is 5. The van der Waals surface area contributed by atoms with Crippen LogP contribution in [-0.4, -0.2) is 17.0 Å². The summed E-state index contributed by atoms with van der Waals surface area (Å²) in [4.78, 5) is 24.0. The van der Waals surface area contributed by atoms with E-state index in [1.807, 2.05) is 18.2 Å². The molecule has 0 radical (unpaired) electrons. The molecule has 0 unspecified atom stereocenters. The van der Waals surface area contributed by atoms with Crippen LogP contribution >= 0.6 is 11.3 Å². The third-order valence-corrected chi connectivity index (χ3v) is 4.45. The number of benzene rings is 2. The Hall–Kier alpha value is -3.32. The lowest BCUT2D eigenvalue weighted by atomic mass is 10.2. The van der Waals surface area contributed by atoms with Crippen LogP contribution in [0.2, 0.25) is 0 Å². The van der Waals surface area contributed by atoms with Crippen LogP contribution in [0, 0.1) is 10.1 Å². The zero-order chi connectivity index (χ0) is 17.6. The zero-order valence-electron chi connectivity index (χ0n) is 13.0. The Kier molecular flexibility index (Phi) is 4.96. The minimum absolute atomic E-state index is 0.0608. The fraction of sp³-hybridized carbons (Fsp3) is 0. The SMILES string of the molecule is O=C(N/N=C/c1ccc(-c2ccc([N+](=O)[O-])cc2)s1)c1ccccc1. The molecule has 0 saturated heterocycles. The Morgan fingerprint density at radius 3 is 2.44 bits per heavy atom. The Balaban J connectivity index is 1.65. The molecule has 1 amide bonds. The normalized spacial score (nSPS) is 10.7. The van der Waals surface area contributed by atoms with Crippen LogP contribution in [0.1, 0.15) is 15.2 Å². The molecule has 1 N–H and O–H groups in total. The second-order valence-corrected chi connectivity index (χ2v) is 6.19. The van der Waals surface area contributed by atoms with Crippen LogP contribution in [0.3, 0.4) is 0 Å². The van der Waals surface area contributed by atoms with Crippen molar-refractivity contribution in [2.75, 3.05) is 0 Å². The predicted molar refractivity (Wildman–Crippen MR) is 97.9 cm³/mol. The number of rotatable bonds is 5. The monoisotopic (exact) mass is 351 g/mol. The van der Waals surface area contributed by atoms with Gasteiger partial charge in [-0.1, -0.05) is 18.2 Å². The van der Waals surface area contributed by atoms with Crippen molar-refractivity contribution in [2.45, 2.75) is 0 Å². The average Bonchev–Trinajstić information content (AvgIpc) is 3.11. The van der Waals surface area contributed by atoms with Gasteiger partial charge in [0.25, 0.3) is 11.6 Å². The van der Waals surface area contributed by atoms with Gasteiger partial charge in [-0.3, -0.25) is 14.9 Å². The van der Waals surface area contributed by atoms with E-state index in [1.54, 1.807) is 42.6 Å². The standard InChI is InChI=1S/C18H13N3O3S/c22-18(14-4-2-1-3-5-14)20-19-12-16-10-11-17(25-16)13-6-8-15(9-7-13)21(23)24/h1-12H,(H,20,22)/b19-12+. The molecule has 2 aromatic carbocycles. The summed E-state index contributed by atoms with van der Waals surface area (Å²) in [7, 11) is 0. The highest BCUT2D eigenvalue weighted by molar-refractivity contribution is 7.17. The number of nitro groups is 1. The molecule has 0 aliphatic carbocycles. The lowest BCUT2D eigenvalue weighted by molar-refractivity contribution is -0.384. The van der Waals surface area contributed by atoms with Crippen molar-refractivity contribution in [1.29, 1.82) is 0 Å². The summed E-state index contributed by atoms with van der Waals surface area (Å²) in [6.45, 7) is 0. The average molecular weight is 351 g/mol. The first-order valence-electron chi connectivity index (χ1n) is 7.36. The number of thiophene rings is 1. The van der Waals surface area contributed by atoms with Gasteiger partial charge in [-0.2, -0.15) is 5.10 Å². The van der Waals surface area contributed by atoms with Crippen LogP contribution < -0.4 is 5.43 Å². The van der Waals surface area contributed by atoms with Crippen LogP contribution in [0.4, 0.5) is 5.69 Å². The predicted octanol–water partition coefficient (Wildman–Crippen LogP) is 4.09. The maximum atomic E-state index is 11.9. The number of hydrogen-bond donors (Lipinski definition) is 1. The van der Waals surface area contributed by atoms with Gasteiger partial charge in [-0.05, 0) is 42.0 Å². The first kappa shape index (κ1) is 16.5. The third kappa shape index (κ3) is 4.15. The van der Waals surface area contributed by atoms with Crippen molar-refractivity contribution < 1.29 is 9.72 Å². The van der Waals surface area contributed by atoms with E-state index in [0.29, 0.717) is 5.56 Å². The van der Waals surface area contributed by atoms with E-state index in [-0.39, 0.29) is 11.6 Å². The molecule has 6 nitrogen and oxygen atoms in total. The fourth-order valence-electron chi connectivity index (χ4n) is 2.13. The zero-order valence-corrected chi connectivity index (χ0v) is 13.8. The Morgan fingerprint density at radius 2 is 1.76 bits per heavy atom. The number of carbonyl (C=O) groups excluding carboxylic acids is 1. The second-order valence-electron chi connectivity index (χ2n) is 5.07. The molecule has 0 saturated carbocycles. The van der Waals surface area contributed by atoms with E-state index in [0.717, 1.165) is 15.3 Å². The highest BCUT2D eigenvalue weighted by Gasteiger charge is 2.07. The van der Waals surface area contributed by atoms with E-state index in [4.69, 9.17) is 0 Å². The van der Waals surface area contributed by atoms with Gasteiger partial charge in [0.1, 0.15) is 0 Å². The molecule has 1 aromatic heterocycles. The van der Waals surface area contributed by atoms with Gasteiger partial charge < -0.3 is 0 Å². The number of non-ortho nitro benzene ring substituents is 1. The van der Waals surface area contributed by atoms with Crippen LogP contribution in [-0.2, 0) is 0 Å². The van der Waals surface area contributed by atoms with Gasteiger partial charge in [-0.25, -0.2) is 5.43 Å². The summed E-state index contributed by atoms with van der Waals surface area (Å²) in [6, 6.07) is 19.0. The lowest BCUT2D eigenvalue weighted by Crippen LogP contribution is -2.17. The number of nitrogens with one attached hydrogen (secondary N) is 1. The number of hydrazone groups is 1. The highest BCUT2D eigenvalue weighted by atomic mass is 32.1. The molecule has 0 aliphatic heterocycles. The number of amides is 1.